The number of hydrogen-bond donors (Lipinski definition) is 1. The Morgan fingerprint density at radius 3 is 2.50 bits per heavy atom. The predicted molar refractivity (Wildman–Crippen MR) is 53.2 cm³/mol. The first-order chi connectivity index (χ1) is 5.84. The molecule has 1 aliphatic rings. The second-order valence-corrected chi connectivity index (χ2v) is 4.22. The van der Waals surface area contributed by atoms with Gasteiger partial charge < -0.3 is 0 Å². The van der Waals surface area contributed by atoms with Gasteiger partial charge in [0.2, 0.25) is 0 Å². The zero-order chi connectivity index (χ0) is 8.39. The largest absolute Gasteiger partial charge is 0.257 e. The van der Waals surface area contributed by atoms with E-state index in [1.807, 2.05) is 0 Å². The number of benzene rings is 1. The van der Waals surface area contributed by atoms with Gasteiger partial charge in [-0.2, -0.15) is 0 Å². The summed E-state index contributed by atoms with van der Waals surface area (Å²) in [5.41, 5.74) is 1.32. The second-order valence-electron chi connectivity index (χ2n) is 3.31. The van der Waals surface area contributed by atoms with Gasteiger partial charge in [-0.05, 0) is 43.8 Å². The molecule has 1 aromatic carbocycles. The molecule has 2 rings (SSSR count). The lowest BCUT2D eigenvalue weighted by molar-refractivity contribution is 0.969. The molecule has 12 heavy (non-hydrogen) atoms. The lowest BCUT2D eigenvalue weighted by atomic mass is 10.2. The third-order valence-corrected chi connectivity index (χ3v) is 2.90. The van der Waals surface area contributed by atoms with E-state index >= 15 is 0 Å². The molecule has 1 fully saturated rings. The Bertz CT molecular complexity index is 251. The molecule has 0 bridgehead atoms. The molecule has 1 nitrogen and oxygen atoms in total. The van der Waals surface area contributed by atoms with Gasteiger partial charge in [-0.3, -0.25) is 4.72 Å². The minimum absolute atomic E-state index is 0.774. The fourth-order valence-electron chi connectivity index (χ4n) is 0.959. The molecule has 1 saturated carbocycles. The quantitative estimate of drug-likeness (QED) is 0.716. The summed E-state index contributed by atoms with van der Waals surface area (Å²) in [7, 11) is 0. The molecule has 1 aromatic rings. The van der Waals surface area contributed by atoms with Gasteiger partial charge >= 0.3 is 0 Å². The van der Waals surface area contributed by atoms with Crippen molar-refractivity contribution in [2.24, 2.45) is 0 Å². The van der Waals surface area contributed by atoms with Crippen LogP contribution >= 0.6 is 11.9 Å². The highest BCUT2D eigenvalue weighted by Gasteiger charge is 2.20. The zero-order valence-electron chi connectivity index (χ0n) is 7.21. The van der Waals surface area contributed by atoms with Crippen LogP contribution in [0, 0.1) is 6.92 Å². The molecule has 1 aliphatic carbocycles. The Balaban J connectivity index is 1.89. The third-order valence-electron chi connectivity index (χ3n) is 1.94. The highest BCUT2D eigenvalue weighted by Crippen LogP contribution is 2.24. The standard InChI is InChI=1S/C10H13NS/c1-8-2-6-10(7-3-8)12-11-9-4-5-9/h2-3,6-7,9,11H,4-5H2,1H3. The molecule has 0 heterocycles. The lowest BCUT2D eigenvalue weighted by Gasteiger charge is -2.01. The molecule has 0 amide bonds. The van der Waals surface area contributed by atoms with E-state index in [9.17, 15) is 0 Å². The Kier molecular flexibility index (Phi) is 2.38. The van der Waals surface area contributed by atoms with Gasteiger partial charge in [0.1, 0.15) is 0 Å². The first-order valence-corrected chi connectivity index (χ1v) is 5.15. The average molecular weight is 179 g/mol. The van der Waals surface area contributed by atoms with Crippen molar-refractivity contribution >= 4 is 11.9 Å². The fraction of sp³-hybridized carbons (Fsp3) is 0.400. The van der Waals surface area contributed by atoms with E-state index in [2.05, 4.69) is 35.9 Å². The van der Waals surface area contributed by atoms with Gasteiger partial charge in [0, 0.05) is 10.9 Å². The van der Waals surface area contributed by atoms with Crippen LogP contribution in [0.15, 0.2) is 29.2 Å². The van der Waals surface area contributed by atoms with E-state index in [1.54, 1.807) is 11.9 Å². The molecule has 1 N–H and O–H groups in total. The lowest BCUT2D eigenvalue weighted by Crippen LogP contribution is -2.04. The monoisotopic (exact) mass is 179 g/mol. The molecule has 0 atom stereocenters. The SMILES string of the molecule is Cc1ccc(SNC2CC2)cc1. The van der Waals surface area contributed by atoms with Crippen LogP contribution in [0.5, 0.6) is 0 Å². The number of rotatable bonds is 3. The number of nitrogens with one attached hydrogen (secondary N) is 1. The van der Waals surface area contributed by atoms with Crippen molar-refractivity contribution in [2.75, 3.05) is 0 Å². The average Bonchev–Trinajstić information content (AvgIpc) is 2.87. The summed E-state index contributed by atoms with van der Waals surface area (Å²) in [6.07, 6.45) is 2.69. The third kappa shape index (κ3) is 2.26. The fourth-order valence-corrected chi connectivity index (χ4v) is 1.77. The van der Waals surface area contributed by atoms with Crippen LogP contribution in [0.25, 0.3) is 0 Å². The summed E-state index contributed by atoms with van der Waals surface area (Å²) in [5, 5.41) is 0. The van der Waals surface area contributed by atoms with Gasteiger partial charge in [-0.15, -0.1) is 0 Å². The van der Waals surface area contributed by atoms with E-state index in [-0.39, 0.29) is 0 Å². The van der Waals surface area contributed by atoms with Crippen molar-refractivity contribution in [3.63, 3.8) is 0 Å². The van der Waals surface area contributed by atoms with Crippen LogP contribution in [-0.4, -0.2) is 6.04 Å². The summed E-state index contributed by atoms with van der Waals surface area (Å²) in [5.74, 6) is 0. The number of hydrogen-bond acceptors (Lipinski definition) is 2. The minimum Gasteiger partial charge on any atom is -0.257 e. The molecular formula is C10H13NS. The summed E-state index contributed by atoms with van der Waals surface area (Å²) in [6, 6.07) is 9.40. The molecule has 0 aliphatic heterocycles. The van der Waals surface area contributed by atoms with Gasteiger partial charge in [-0.25, -0.2) is 0 Å². The van der Waals surface area contributed by atoms with Crippen molar-refractivity contribution in [3.8, 4) is 0 Å². The topological polar surface area (TPSA) is 12.0 Å². The Labute approximate surface area is 77.7 Å². The molecule has 0 unspecified atom stereocenters. The Morgan fingerprint density at radius 1 is 1.25 bits per heavy atom. The van der Waals surface area contributed by atoms with Gasteiger partial charge in [-0.1, -0.05) is 17.7 Å². The summed E-state index contributed by atoms with van der Waals surface area (Å²) < 4.78 is 3.41. The van der Waals surface area contributed by atoms with Crippen LogP contribution in [-0.2, 0) is 0 Å². The molecule has 2 heteroatoms. The predicted octanol–water partition coefficient (Wildman–Crippen LogP) is 2.75. The Morgan fingerprint density at radius 2 is 1.92 bits per heavy atom. The maximum Gasteiger partial charge on any atom is 0.0228 e. The summed E-state index contributed by atoms with van der Waals surface area (Å²) >= 11 is 1.75. The van der Waals surface area contributed by atoms with Crippen LogP contribution in [0.4, 0.5) is 0 Å². The second kappa shape index (κ2) is 3.50. The zero-order valence-corrected chi connectivity index (χ0v) is 8.03. The maximum atomic E-state index is 3.41. The van der Waals surface area contributed by atoms with Crippen LogP contribution in [0.1, 0.15) is 18.4 Å². The van der Waals surface area contributed by atoms with Crippen molar-refractivity contribution in [1.82, 2.24) is 4.72 Å². The van der Waals surface area contributed by atoms with Crippen molar-refractivity contribution in [2.45, 2.75) is 30.7 Å². The van der Waals surface area contributed by atoms with Crippen molar-refractivity contribution in [3.05, 3.63) is 29.8 Å². The number of aryl methyl sites for hydroxylation is 1. The highest BCUT2D eigenvalue weighted by molar-refractivity contribution is 7.97. The molecule has 0 aromatic heterocycles. The van der Waals surface area contributed by atoms with Crippen molar-refractivity contribution < 1.29 is 0 Å². The smallest absolute Gasteiger partial charge is 0.0228 e. The first-order valence-electron chi connectivity index (χ1n) is 4.33. The van der Waals surface area contributed by atoms with E-state index in [0.717, 1.165) is 6.04 Å². The van der Waals surface area contributed by atoms with Crippen LogP contribution < -0.4 is 4.72 Å². The Hall–Kier alpha value is -0.470. The summed E-state index contributed by atoms with van der Waals surface area (Å²) in [6.45, 7) is 2.11. The highest BCUT2D eigenvalue weighted by atomic mass is 32.2. The van der Waals surface area contributed by atoms with Crippen LogP contribution in [0.3, 0.4) is 0 Å². The molecular weight excluding hydrogens is 166 g/mol. The molecule has 0 radical (unpaired) electrons. The molecule has 64 valence electrons. The van der Waals surface area contributed by atoms with E-state index in [0.29, 0.717) is 0 Å². The van der Waals surface area contributed by atoms with Crippen LogP contribution in [0.2, 0.25) is 0 Å². The van der Waals surface area contributed by atoms with Crippen molar-refractivity contribution in [1.29, 1.82) is 0 Å². The van der Waals surface area contributed by atoms with E-state index < -0.39 is 0 Å². The van der Waals surface area contributed by atoms with Gasteiger partial charge in [0.05, 0.1) is 0 Å². The van der Waals surface area contributed by atoms with E-state index in [1.165, 1.54) is 23.3 Å². The van der Waals surface area contributed by atoms with E-state index in [4.69, 9.17) is 0 Å². The molecule has 0 saturated heterocycles. The molecule has 0 spiro atoms. The first kappa shape index (κ1) is 8.14. The normalized spacial score (nSPS) is 16.4. The van der Waals surface area contributed by atoms with Gasteiger partial charge in [0.25, 0.3) is 0 Å². The minimum atomic E-state index is 0.774. The maximum absolute atomic E-state index is 3.41. The van der Waals surface area contributed by atoms with Gasteiger partial charge in [0.15, 0.2) is 0 Å². The summed E-state index contributed by atoms with van der Waals surface area (Å²) in [4.78, 5) is 1.31.